The highest BCUT2D eigenvalue weighted by Gasteiger charge is 2.24. The summed E-state index contributed by atoms with van der Waals surface area (Å²) < 4.78 is 1.76. The topological polar surface area (TPSA) is 61.7 Å². The van der Waals surface area contributed by atoms with Gasteiger partial charge in [-0.1, -0.05) is 41.9 Å². The number of likely N-dealkylation sites (tertiary alicyclic amines) is 1. The number of benzene rings is 1. The van der Waals surface area contributed by atoms with Crippen LogP contribution in [-0.4, -0.2) is 82.1 Å². The van der Waals surface area contributed by atoms with Crippen molar-refractivity contribution in [2.75, 3.05) is 45.8 Å². The summed E-state index contributed by atoms with van der Waals surface area (Å²) in [6.45, 7) is 7.37. The summed E-state index contributed by atoms with van der Waals surface area (Å²) in [7, 11) is 0. The molecule has 2 aliphatic heterocycles. The second-order valence-electron chi connectivity index (χ2n) is 8.46. The predicted molar refractivity (Wildman–Crippen MR) is 125 cm³/mol. The van der Waals surface area contributed by atoms with Crippen LogP contribution in [0.3, 0.4) is 0 Å². The minimum atomic E-state index is -0.0400. The summed E-state index contributed by atoms with van der Waals surface area (Å²) >= 11 is 6.55. The maximum absolute atomic E-state index is 12.7. The average molecular weight is 456 g/mol. The maximum atomic E-state index is 12.7. The molecular weight excluding hydrogens is 426 g/mol. The van der Waals surface area contributed by atoms with E-state index in [-0.39, 0.29) is 11.8 Å². The molecular formula is C24H30ClN5O2. The number of rotatable bonds is 6. The summed E-state index contributed by atoms with van der Waals surface area (Å²) in [6, 6.07) is 10.0. The molecule has 1 aromatic heterocycles. The normalized spacial score (nSPS) is 17.4. The minimum absolute atomic E-state index is 0.0400. The smallest absolute Gasteiger partial charge is 0.246 e. The van der Waals surface area contributed by atoms with Gasteiger partial charge in [0.25, 0.3) is 0 Å². The number of aromatic nitrogens is 2. The van der Waals surface area contributed by atoms with E-state index in [1.165, 1.54) is 0 Å². The molecule has 3 heterocycles. The Morgan fingerprint density at radius 1 is 1.00 bits per heavy atom. The lowest BCUT2D eigenvalue weighted by Crippen LogP contribution is -2.51. The van der Waals surface area contributed by atoms with Crippen LogP contribution in [0.15, 0.2) is 36.4 Å². The zero-order chi connectivity index (χ0) is 22.5. The van der Waals surface area contributed by atoms with Crippen LogP contribution in [0.25, 0.3) is 6.08 Å². The van der Waals surface area contributed by atoms with Gasteiger partial charge in [-0.05, 0) is 31.4 Å². The van der Waals surface area contributed by atoms with Crippen molar-refractivity contribution in [1.82, 2.24) is 24.5 Å². The van der Waals surface area contributed by atoms with E-state index in [4.69, 9.17) is 11.6 Å². The number of hydrogen-bond acceptors (Lipinski definition) is 4. The van der Waals surface area contributed by atoms with Gasteiger partial charge in [0.1, 0.15) is 5.15 Å². The van der Waals surface area contributed by atoms with Gasteiger partial charge in [0.2, 0.25) is 11.8 Å². The molecule has 4 rings (SSSR count). The van der Waals surface area contributed by atoms with Gasteiger partial charge in [-0.2, -0.15) is 5.10 Å². The van der Waals surface area contributed by atoms with Gasteiger partial charge in [0.15, 0.2) is 0 Å². The van der Waals surface area contributed by atoms with Crippen LogP contribution in [0, 0.1) is 6.92 Å². The first-order valence-corrected chi connectivity index (χ1v) is 11.6. The molecule has 0 spiro atoms. The van der Waals surface area contributed by atoms with E-state index in [0.717, 1.165) is 42.8 Å². The zero-order valence-corrected chi connectivity index (χ0v) is 19.3. The molecule has 1 aromatic carbocycles. The van der Waals surface area contributed by atoms with Crippen molar-refractivity contribution >= 4 is 29.5 Å². The predicted octanol–water partition coefficient (Wildman–Crippen LogP) is 2.67. The number of hydrogen-bond donors (Lipinski definition) is 0. The number of carbonyl (C=O) groups is 2. The highest BCUT2D eigenvalue weighted by Crippen LogP contribution is 2.22. The molecule has 0 unspecified atom stereocenters. The third-order valence-electron chi connectivity index (χ3n) is 6.18. The Kier molecular flexibility index (Phi) is 7.27. The molecule has 2 aliphatic rings. The average Bonchev–Trinajstić information content (AvgIpc) is 3.43. The van der Waals surface area contributed by atoms with Crippen molar-refractivity contribution in [1.29, 1.82) is 0 Å². The molecule has 2 fully saturated rings. The van der Waals surface area contributed by atoms with E-state index in [0.29, 0.717) is 44.4 Å². The van der Waals surface area contributed by atoms with Crippen LogP contribution in [0.1, 0.15) is 29.7 Å². The van der Waals surface area contributed by atoms with E-state index < -0.39 is 0 Å². The molecule has 0 bridgehead atoms. The largest absolute Gasteiger partial charge is 0.342 e. The number of halogens is 1. The SMILES string of the molecule is Cc1nn(Cc2ccccc2)c(Cl)c1C=CC(=O)N1CCN(CC(=O)N2CCCC2)CC1. The molecule has 2 saturated heterocycles. The standard InChI is InChI=1S/C24H30ClN5O2/c1-19-21(24(25)30(26-19)17-20-7-3-2-4-8-20)9-10-22(31)29-15-13-27(14-16-29)18-23(32)28-11-5-6-12-28/h2-4,7-10H,5-6,11-18H2,1H3. The van der Waals surface area contributed by atoms with Crippen molar-refractivity contribution in [2.24, 2.45) is 0 Å². The fourth-order valence-corrected chi connectivity index (χ4v) is 4.56. The minimum Gasteiger partial charge on any atom is -0.342 e. The van der Waals surface area contributed by atoms with Gasteiger partial charge >= 0.3 is 0 Å². The van der Waals surface area contributed by atoms with Crippen LogP contribution in [0.2, 0.25) is 5.15 Å². The van der Waals surface area contributed by atoms with Crippen LogP contribution in [0.5, 0.6) is 0 Å². The van der Waals surface area contributed by atoms with Gasteiger partial charge < -0.3 is 9.80 Å². The Morgan fingerprint density at radius 2 is 1.69 bits per heavy atom. The van der Waals surface area contributed by atoms with E-state index in [1.807, 2.05) is 47.1 Å². The van der Waals surface area contributed by atoms with Crippen LogP contribution in [0.4, 0.5) is 0 Å². The number of amides is 2. The van der Waals surface area contributed by atoms with Crippen LogP contribution < -0.4 is 0 Å². The van der Waals surface area contributed by atoms with Gasteiger partial charge in [0.05, 0.1) is 18.8 Å². The highest BCUT2D eigenvalue weighted by molar-refractivity contribution is 6.31. The second kappa shape index (κ2) is 10.3. The molecule has 0 radical (unpaired) electrons. The maximum Gasteiger partial charge on any atom is 0.246 e. The fraction of sp³-hybridized carbons (Fsp3) is 0.458. The third-order valence-corrected chi connectivity index (χ3v) is 6.58. The van der Waals surface area contributed by atoms with Crippen molar-refractivity contribution in [2.45, 2.75) is 26.3 Å². The van der Waals surface area contributed by atoms with E-state index >= 15 is 0 Å². The van der Waals surface area contributed by atoms with Gasteiger partial charge in [-0.3, -0.25) is 14.5 Å². The number of nitrogens with zero attached hydrogens (tertiary/aromatic N) is 5. The molecule has 2 amide bonds. The Hall–Kier alpha value is -2.64. The first kappa shape index (κ1) is 22.6. The quantitative estimate of drug-likeness (QED) is 0.628. The second-order valence-corrected chi connectivity index (χ2v) is 8.81. The summed E-state index contributed by atoms with van der Waals surface area (Å²) in [5, 5.41) is 5.06. The molecule has 0 N–H and O–H groups in total. The lowest BCUT2D eigenvalue weighted by atomic mass is 10.2. The molecule has 32 heavy (non-hydrogen) atoms. The molecule has 0 aliphatic carbocycles. The summed E-state index contributed by atoms with van der Waals surface area (Å²) in [4.78, 5) is 31.0. The van der Waals surface area contributed by atoms with Crippen molar-refractivity contribution in [3.8, 4) is 0 Å². The zero-order valence-electron chi connectivity index (χ0n) is 18.5. The van der Waals surface area contributed by atoms with Gasteiger partial charge in [-0.25, -0.2) is 4.68 Å². The lowest BCUT2D eigenvalue weighted by molar-refractivity contribution is -0.132. The fourth-order valence-electron chi connectivity index (χ4n) is 4.26. The Bertz CT molecular complexity index is 974. The molecule has 8 heteroatoms. The molecule has 170 valence electrons. The lowest BCUT2D eigenvalue weighted by Gasteiger charge is -2.34. The van der Waals surface area contributed by atoms with Crippen LogP contribution >= 0.6 is 11.6 Å². The van der Waals surface area contributed by atoms with Gasteiger partial charge in [0, 0.05) is 50.9 Å². The first-order valence-electron chi connectivity index (χ1n) is 11.2. The summed E-state index contributed by atoms with van der Waals surface area (Å²) in [6.07, 6.45) is 5.55. The Morgan fingerprint density at radius 3 is 2.38 bits per heavy atom. The van der Waals surface area contributed by atoms with Crippen LogP contribution in [-0.2, 0) is 16.1 Å². The molecule has 2 aromatic rings. The van der Waals surface area contributed by atoms with E-state index in [1.54, 1.807) is 16.8 Å². The van der Waals surface area contributed by atoms with E-state index in [9.17, 15) is 9.59 Å². The van der Waals surface area contributed by atoms with Crippen molar-refractivity contribution in [3.63, 3.8) is 0 Å². The molecule has 0 saturated carbocycles. The van der Waals surface area contributed by atoms with E-state index in [2.05, 4.69) is 10.00 Å². The summed E-state index contributed by atoms with van der Waals surface area (Å²) in [5.74, 6) is 0.168. The number of carbonyl (C=O) groups excluding carboxylic acids is 2. The highest BCUT2D eigenvalue weighted by atomic mass is 35.5. The van der Waals surface area contributed by atoms with Gasteiger partial charge in [-0.15, -0.1) is 0 Å². The third kappa shape index (κ3) is 5.40. The number of piperazine rings is 1. The molecule has 0 atom stereocenters. The monoisotopic (exact) mass is 455 g/mol. The van der Waals surface area contributed by atoms with Crippen molar-refractivity contribution in [3.05, 3.63) is 58.4 Å². The Labute approximate surface area is 194 Å². The Balaban J connectivity index is 1.30. The van der Waals surface area contributed by atoms with Crippen molar-refractivity contribution < 1.29 is 9.59 Å². The first-order chi connectivity index (χ1) is 15.5. The summed E-state index contributed by atoms with van der Waals surface area (Å²) in [5.41, 5.74) is 2.68. The molecule has 7 nitrogen and oxygen atoms in total. The number of aryl methyl sites for hydroxylation is 1.